The molecule has 5 nitrogen and oxygen atoms in total. The van der Waals surface area contributed by atoms with Gasteiger partial charge in [0, 0.05) is 5.56 Å². The molecule has 0 fully saturated rings. The van der Waals surface area contributed by atoms with Crippen LogP contribution in [0.4, 0.5) is 0 Å². The van der Waals surface area contributed by atoms with Crippen molar-refractivity contribution in [1.82, 2.24) is 9.55 Å². The standard InChI is InChI=1S/C18H18N2O3/c1-12(21)18-19-14-6-2-3-7-15(14)20(18)11-13-5-4-8-16-17(13)23-10-9-22-16/h2-8,12,21H,9-11H2,1H3/t12-/m0/s1. The summed E-state index contributed by atoms with van der Waals surface area (Å²) < 4.78 is 13.5. The fourth-order valence-electron chi connectivity index (χ4n) is 3.01. The number of aliphatic hydroxyl groups excluding tert-OH is 1. The van der Waals surface area contributed by atoms with E-state index in [4.69, 9.17) is 9.47 Å². The molecule has 0 saturated carbocycles. The molecule has 0 saturated heterocycles. The molecule has 23 heavy (non-hydrogen) atoms. The highest BCUT2D eigenvalue weighted by molar-refractivity contribution is 5.76. The molecule has 2 heterocycles. The lowest BCUT2D eigenvalue weighted by molar-refractivity contribution is 0.169. The molecule has 2 aromatic carbocycles. The Morgan fingerprint density at radius 1 is 1.13 bits per heavy atom. The van der Waals surface area contributed by atoms with Crippen LogP contribution in [-0.2, 0) is 6.54 Å². The van der Waals surface area contributed by atoms with E-state index in [1.54, 1.807) is 6.92 Å². The van der Waals surface area contributed by atoms with Crippen LogP contribution < -0.4 is 9.47 Å². The van der Waals surface area contributed by atoms with Crippen molar-refractivity contribution in [2.24, 2.45) is 0 Å². The molecule has 5 heteroatoms. The Hall–Kier alpha value is -2.53. The van der Waals surface area contributed by atoms with Gasteiger partial charge in [-0.25, -0.2) is 4.98 Å². The molecule has 0 bridgehead atoms. The molecule has 0 unspecified atom stereocenters. The number of hydrogen-bond donors (Lipinski definition) is 1. The van der Waals surface area contributed by atoms with Crippen molar-refractivity contribution in [3.8, 4) is 11.5 Å². The molecule has 3 aromatic rings. The zero-order chi connectivity index (χ0) is 15.8. The maximum atomic E-state index is 10.1. The topological polar surface area (TPSA) is 56.5 Å². The first kappa shape index (κ1) is 14.1. The summed E-state index contributed by atoms with van der Waals surface area (Å²) in [6, 6.07) is 13.8. The highest BCUT2D eigenvalue weighted by Gasteiger charge is 2.19. The molecule has 118 valence electrons. The van der Waals surface area contributed by atoms with E-state index in [-0.39, 0.29) is 0 Å². The van der Waals surface area contributed by atoms with Gasteiger partial charge in [0.05, 0.1) is 17.6 Å². The summed E-state index contributed by atoms with van der Waals surface area (Å²) in [5.41, 5.74) is 2.90. The fraction of sp³-hybridized carbons (Fsp3) is 0.278. The van der Waals surface area contributed by atoms with E-state index in [1.165, 1.54) is 0 Å². The molecule has 0 spiro atoms. The summed E-state index contributed by atoms with van der Waals surface area (Å²) in [6.45, 7) is 3.44. The summed E-state index contributed by atoms with van der Waals surface area (Å²) in [7, 11) is 0. The van der Waals surface area contributed by atoms with Crippen LogP contribution >= 0.6 is 0 Å². The van der Waals surface area contributed by atoms with Crippen molar-refractivity contribution in [3.05, 3.63) is 53.9 Å². The minimum atomic E-state index is -0.640. The molecule has 1 aromatic heterocycles. The van der Waals surface area contributed by atoms with Crippen LogP contribution in [-0.4, -0.2) is 27.9 Å². The van der Waals surface area contributed by atoms with E-state index in [0.29, 0.717) is 25.6 Å². The van der Waals surface area contributed by atoms with Crippen LogP contribution in [0.5, 0.6) is 11.5 Å². The van der Waals surface area contributed by atoms with Crippen molar-refractivity contribution in [2.75, 3.05) is 13.2 Å². The van der Waals surface area contributed by atoms with Gasteiger partial charge in [-0.2, -0.15) is 0 Å². The SMILES string of the molecule is C[C@H](O)c1nc2ccccc2n1Cc1cccc2c1OCCO2. The van der Waals surface area contributed by atoms with Crippen molar-refractivity contribution in [1.29, 1.82) is 0 Å². The predicted octanol–water partition coefficient (Wildman–Crippen LogP) is 2.91. The third kappa shape index (κ3) is 2.43. The van der Waals surface area contributed by atoms with Crippen molar-refractivity contribution in [3.63, 3.8) is 0 Å². The first-order valence-electron chi connectivity index (χ1n) is 7.75. The monoisotopic (exact) mass is 310 g/mol. The van der Waals surface area contributed by atoms with Crippen molar-refractivity contribution < 1.29 is 14.6 Å². The fourth-order valence-corrected chi connectivity index (χ4v) is 3.01. The number of benzene rings is 2. The Kier molecular flexibility index (Phi) is 3.42. The van der Waals surface area contributed by atoms with Gasteiger partial charge in [0.15, 0.2) is 11.5 Å². The number of rotatable bonds is 3. The number of aromatic nitrogens is 2. The van der Waals surface area contributed by atoms with Gasteiger partial charge in [-0.05, 0) is 25.1 Å². The summed E-state index contributed by atoms with van der Waals surface area (Å²) in [5, 5.41) is 10.1. The lowest BCUT2D eigenvalue weighted by atomic mass is 10.1. The number of aliphatic hydroxyl groups is 1. The van der Waals surface area contributed by atoms with Crippen molar-refractivity contribution in [2.45, 2.75) is 19.6 Å². The Balaban J connectivity index is 1.83. The average molecular weight is 310 g/mol. The van der Waals surface area contributed by atoms with E-state index >= 15 is 0 Å². The first-order valence-corrected chi connectivity index (χ1v) is 7.75. The van der Waals surface area contributed by atoms with Crippen LogP contribution in [0.1, 0.15) is 24.4 Å². The Morgan fingerprint density at radius 3 is 2.83 bits per heavy atom. The second kappa shape index (κ2) is 5.59. The number of ether oxygens (including phenoxy) is 2. The predicted molar refractivity (Wildman–Crippen MR) is 86.9 cm³/mol. The Morgan fingerprint density at radius 2 is 1.96 bits per heavy atom. The van der Waals surface area contributed by atoms with E-state index in [1.807, 2.05) is 47.0 Å². The molecular formula is C18H18N2O3. The van der Waals surface area contributed by atoms with Gasteiger partial charge in [-0.15, -0.1) is 0 Å². The van der Waals surface area contributed by atoms with Gasteiger partial charge in [0.1, 0.15) is 25.1 Å². The van der Waals surface area contributed by atoms with E-state index in [2.05, 4.69) is 4.98 Å². The highest BCUT2D eigenvalue weighted by Crippen LogP contribution is 2.35. The van der Waals surface area contributed by atoms with Crippen LogP contribution in [0.15, 0.2) is 42.5 Å². The third-order valence-corrected chi connectivity index (χ3v) is 4.03. The van der Waals surface area contributed by atoms with Crippen molar-refractivity contribution >= 4 is 11.0 Å². The van der Waals surface area contributed by atoms with Gasteiger partial charge in [-0.1, -0.05) is 24.3 Å². The average Bonchev–Trinajstić information content (AvgIpc) is 2.94. The summed E-state index contributed by atoms with van der Waals surface area (Å²) in [5.74, 6) is 2.21. The van der Waals surface area contributed by atoms with Crippen LogP contribution in [0.3, 0.4) is 0 Å². The summed E-state index contributed by atoms with van der Waals surface area (Å²) >= 11 is 0. The molecule has 0 aliphatic carbocycles. The zero-order valence-corrected chi connectivity index (χ0v) is 12.9. The Labute approximate surface area is 134 Å². The van der Waals surface area contributed by atoms with Crippen LogP contribution in [0.2, 0.25) is 0 Å². The van der Waals surface area contributed by atoms with Gasteiger partial charge in [0.25, 0.3) is 0 Å². The van der Waals surface area contributed by atoms with Crippen LogP contribution in [0.25, 0.3) is 11.0 Å². The lowest BCUT2D eigenvalue weighted by Gasteiger charge is -2.21. The molecule has 1 aliphatic heterocycles. The van der Waals surface area contributed by atoms with Crippen LogP contribution in [0, 0.1) is 0 Å². The molecule has 1 N–H and O–H groups in total. The van der Waals surface area contributed by atoms with Gasteiger partial charge >= 0.3 is 0 Å². The van der Waals surface area contributed by atoms with E-state index in [0.717, 1.165) is 28.1 Å². The third-order valence-electron chi connectivity index (χ3n) is 4.03. The maximum absolute atomic E-state index is 10.1. The van der Waals surface area contributed by atoms with Gasteiger partial charge in [0.2, 0.25) is 0 Å². The lowest BCUT2D eigenvalue weighted by Crippen LogP contribution is -2.17. The quantitative estimate of drug-likeness (QED) is 0.808. The normalized spacial score (nSPS) is 14.9. The molecule has 1 atom stereocenters. The number of nitrogens with zero attached hydrogens (tertiary/aromatic N) is 2. The second-order valence-corrected chi connectivity index (χ2v) is 5.66. The largest absolute Gasteiger partial charge is 0.486 e. The number of para-hydroxylation sites is 3. The maximum Gasteiger partial charge on any atom is 0.166 e. The first-order chi connectivity index (χ1) is 11.2. The molecule has 1 aliphatic rings. The number of hydrogen-bond acceptors (Lipinski definition) is 4. The minimum absolute atomic E-state index is 0.554. The van der Waals surface area contributed by atoms with E-state index < -0.39 is 6.10 Å². The number of imidazole rings is 1. The molecule has 0 amide bonds. The van der Waals surface area contributed by atoms with E-state index in [9.17, 15) is 5.11 Å². The summed E-state index contributed by atoms with van der Waals surface area (Å²) in [6.07, 6.45) is -0.640. The smallest absolute Gasteiger partial charge is 0.166 e. The Bertz CT molecular complexity index is 855. The molecule has 4 rings (SSSR count). The molecule has 0 radical (unpaired) electrons. The minimum Gasteiger partial charge on any atom is -0.486 e. The summed E-state index contributed by atoms with van der Waals surface area (Å²) in [4.78, 5) is 4.56. The van der Waals surface area contributed by atoms with Gasteiger partial charge < -0.3 is 19.1 Å². The second-order valence-electron chi connectivity index (χ2n) is 5.66. The highest BCUT2D eigenvalue weighted by atomic mass is 16.6. The molecular weight excluding hydrogens is 292 g/mol. The van der Waals surface area contributed by atoms with Gasteiger partial charge in [-0.3, -0.25) is 0 Å². The zero-order valence-electron chi connectivity index (χ0n) is 12.9. The number of fused-ring (bicyclic) bond motifs is 2.